The Labute approximate surface area is 160 Å². The predicted octanol–water partition coefficient (Wildman–Crippen LogP) is 1.99. The molecule has 1 aromatic rings. The number of likely N-dealkylation sites (tertiary alicyclic amines) is 1. The number of amides is 1. The summed E-state index contributed by atoms with van der Waals surface area (Å²) >= 11 is 0. The number of carbonyl (C=O) groups excluding carboxylic acids is 1. The third-order valence-electron chi connectivity index (χ3n) is 5.30. The fraction of sp³-hybridized carbons (Fsp3) is 0.550. The average Bonchev–Trinajstić information content (AvgIpc) is 3.20. The molecule has 1 amide bonds. The first kappa shape index (κ1) is 19.3. The van der Waals surface area contributed by atoms with E-state index in [0.717, 1.165) is 44.1 Å². The molecule has 3 rings (SSSR count). The van der Waals surface area contributed by atoms with Crippen molar-refractivity contribution in [1.82, 2.24) is 20.7 Å². The molecule has 0 spiro atoms. The lowest BCUT2D eigenvalue weighted by atomic mass is 9.93. The van der Waals surface area contributed by atoms with Crippen LogP contribution in [0.15, 0.2) is 31.1 Å². The van der Waals surface area contributed by atoms with Gasteiger partial charge in [-0.15, -0.1) is 0 Å². The molecule has 2 heterocycles. The van der Waals surface area contributed by atoms with Crippen molar-refractivity contribution < 1.29 is 9.63 Å². The number of carbonyl (C=O) groups is 1. The summed E-state index contributed by atoms with van der Waals surface area (Å²) in [6.45, 7) is 4.98. The van der Waals surface area contributed by atoms with Gasteiger partial charge >= 0.3 is 0 Å². The van der Waals surface area contributed by atoms with Gasteiger partial charge in [-0.2, -0.15) is 5.26 Å². The van der Waals surface area contributed by atoms with E-state index in [9.17, 15) is 4.79 Å². The molecule has 7 nitrogen and oxygen atoms in total. The van der Waals surface area contributed by atoms with E-state index in [0.29, 0.717) is 24.8 Å². The standard InChI is InChI=1S/C20H27N5O2/c1-15(16-4-2-10-22-13-16)24-27-19-8-6-17(7-9-19)23-14-20(26)25-11-3-5-18(25)12-21/h2,4,10,13,17-19,23-24H,1,3,5-9,11,14H2/t17?,18-,19?/m0/s1. The molecular weight excluding hydrogens is 342 g/mol. The number of aromatic nitrogens is 1. The highest BCUT2D eigenvalue weighted by molar-refractivity contribution is 5.79. The van der Waals surface area contributed by atoms with Gasteiger partial charge in [0.2, 0.25) is 5.91 Å². The van der Waals surface area contributed by atoms with Gasteiger partial charge in [-0.05, 0) is 50.7 Å². The number of hydroxylamine groups is 1. The summed E-state index contributed by atoms with van der Waals surface area (Å²) in [4.78, 5) is 23.8. The number of nitrogens with zero attached hydrogens (tertiary/aromatic N) is 3. The predicted molar refractivity (Wildman–Crippen MR) is 102 cm³/mol. The monoisotopic (exact) mass is 369 g/mol. The Balaban J connectivity index is 1.34. The molecule has 144 valence electrons. The Hall–Kier alpha value is -2.43. The van der Waals surface area contributed by atoms with E-state index < -0.39 is 0 Å². The number of pyridine rings is 1. The first-order valence-corrected chi connectivity index (χ1v) is 9.61. The van der Waals surface area contributed by atoms with Crippen LogP contribution in [-0.4, -0.2) is 47.1 Å². The van der Waals surface area contributed by atoms with Crippen LogP contribution in [0.4, 0.5) is 0 Å². The smallest absolute Gasteiger partial charge is 0.237 e. The van der Waals surface area contributed by atoms with E-state index >= 15 is 0 Å². The lowest BCUT2D eigenvalue weighted by Gasteiger charge is -2.30. The molecule has 1 aliphatic carbocycles. The Morgan fingerprint density at radius 3 is 2.89 bits per heavy atom. The number of nitriles is 1. The summed E-state index contributed by atoms with van der Waals surface area (Å²) in [5.74, 6) is 0.0341. The summed E-state index contributed by atoms with van der Waals surface area (Å²) < 4.78 is 0. The maximum absolute atomic E-state index is 12.3. The van der Waals surface area contributed by atoms with E-state index in [2.05, 4.69) is 28.4 Å². The van der Waals surface area contributed by atoms with Crippen LogP contribution in [0.1, 0.15) is 44.1 Å². The Bertz CT molecular complexity index is 679. The SMILES string of the molecule is C=C(NOC1CCC(NCC(=O)N2CCC[C@H]2C#N)CC1)c1cccnc1. The quantitative estimate of drug-likeness (QED) is 0.715. The van der Waals surface area contributed by atoms with Gasteiger partial charge in [0.25, 0.3) is 0 Å². The Morgan fingerprint density at radius 1 is 1.37 bits per heavy atom. The summed E-state index contributed by atoms with van der Waals surface area (Å²) in [5.41, 5.74) is 4.54. The Kier molecular flexibility index (Phi) is 6.80. The molecule has 7 heteroatoms. The van der Waals surface area contributed by atoms with Gasteiger partial charge in [-0.25, -0.2) is 0 Å². The van der Waals surface area contributed by atoms with E-state index in [-0.39, 0.29) is 18.1 Å². The Morgan fingerprint density at radius 2 is 2.19 bits per heavy atom. The maximum atomic E-state index is 12.3. The molecule has 2 fully saturated rings. The van der Waals surface area contributed by atoms with Gasteiger partial charge in [0.15, 0.2) is 0 Å². The minimum atomic E-state index is -0.248. The van der Waals surface area contributed by atoms with Crippen molar-refractivity contribution in [1.29, 1.82) is 5.26 Å². The number of hydrogen-bond acceptors (Lipinski definition) is 6. The second kappa shape index (κ2) is 9.49. The zero-order chi connectivity index (χ0) is 19.1. The molecule has 0 radical (unpaired) electrons. The lowest BCUT2D eigenvalue weighted by Crippen LogP contribution is -2.45. The van der Waals surface area contributed by atoms with Gasteiger partial charge < -0.3 is 10.2 Å². The van der Waals surface area contributed by atoms with Crippen LogP contribution in [0.5, 0.6) is 0 Å². The first-order chi connectivity index (χ1) is 13.2. The molecule has 2 N–H and O–H groups in total. The molecule has 2 aliphatic rings. The highest BCUT2D eigenvalue weighted by atomic mass is 16.7. The molecule has 27 heavy (non-hydrogen) atoms. The van der Waals surface area contributed by atoms with Crippen LogP contribution in [-0.2, 0) is 9.63 Å². The van der Waals surface area contributed by atoms with Crippen LogP contribution in [0.25, 0.3) is 5.70 Å². The average molecular weight is 369 g/mol. The minimum absolute atomic E-state index is 0.0341. The number of nitrogens with one attached hydrogen (secondary N) is 2. The first-order valence-electron chi connectivity index (χ1n) is 9.61. The zero-order valence-electron chi connectivity index (χ0n) is 15.6. The van der Waals surface area contributed by atoms with E-state index in [1.54, 1.807) is 17.3 Å². The van der Waals surface area contributed by atoms with Crippen molar-refractivity contribution in [2.24, 2.45) is 0 Å². The highest BCUT2D eigenvalue weighted by Crippen LogP contribution is 2.22. The summed E-state index contributed by atoms with van der Waals surface area (Å²) in [6.07, 6.45) is 9.07. The second-order valence-corrected chi connectivity index (χ2v) is 7.17. The van der Waals surface area contributed by atoms with Crippen LogP contribution < -0.4 is 10.8 Å². The van der Waals surface area contributed by atoms with E-state index in [4.69, 9.17) is 10.1 Å². The molecule has 1 saturated heterocycles. The van der Waals surface area contributed by atoms with Gasteiger partial charge in [0, 0.05) is 30.5 Å². The summed E-state index contributed by atoms with van der Waals surface area (Å²) in [5, 5.41) is 12.5. The topological polar surface area (TPSA) is 90.3 Å². The summed E-state index contributed by atoms with van der Waals surface area (Å²) in [6, 6.07) is 6.08. The molecule has 0 bridgehead atoms. The molecule has 0 aromatic carbocycles. The fourth-order valence-corrected chi connectivity index (χ4v) is 3.67. The van der Waals surface area contributed by atoms with E-state index in [1.807, 2.05) is 12.1 Å². The van der Waals surface area contributed by atoms with Crippen molar-refractivity contribution in [2.75, 3.05) is 13.1 Å². The van der Waals surface area contributed by atoms with Crippen LogP contribution in [0, 0.1) is 11.3 Å². The van der Waals surface area contributed by atoms with Gasteiger partial charge in [-0.3, -0.25) is 20.1 Å². The third kappa shape index (κ3) is 5.28. The second-order valence-electron chi connectivity index (χ2n) is 7.17. The van der Waals surface area contributed by atoms with Gasteiger partial charge in [0.05, 0.1) is 24.4 Å². The molecule has 0 unspecified atom stereocenters. The minimum Gasteiger partial charge on any atom is -0.326 e. The lowest BCUT2D eigenvalue weighted by molar-refractivity contribution is -0.130. The van der Waals surface area contributed by atoms with Crippen LogP contribution >= 0.6 is 0 Å². The molecule has 1 atom stereocenters. The van der Waals surface area contributed by atoms with Crippen molar-refractivity contribution in [3.63, 3.8) is 0 Å². The van der Waals surface area contributed by atoms with Crippen molar-refractivity contribution in [3.8, 4) is 6.07 Å². The fourth-order valence-electron chi connectivity index (χ4n) is 3.67. The maximum Gasteiger partial charge on any atom is 0.237 e. The normalized spacial score (nSPS) is 25.0. The molecule has 1 saturated carbocycles. The molecule has 1 aliphatic heterocycles. The van der Waals surface area contributed by atoms with Crippen LogP contribution in [0.3, 0.4) is 0 Å². The third-order valence-corrected chi connectivity index (χ3v) is 5.30. The number of rotatable bonds is 7. The molecular formula is C20H27N5O2. The van der Waals surface area contributed by atoms with Crippen molar-refractivity contribution in [2.45, 2.75) is 56.7 Å². The number of hydrogen-bond donors (Lipinski definition) is 2. The van der Waals surface area contributed by atoms with Crippen molar-refractivity contribution >= 4 is 11.6 Å². The largest absolute Gasteiger partial charge is 0.326 e. The van der Waals surface area contributed by atoms with Gasteiger partial charge in [0.1, 0.15) is 6.04 Å². The highest BCUT2D eigenvalue weighted by Gasteiger charge is 2.29. The van der Waals surface area contributed by atoms with Crippen molar-refractivity contribution in [3.05, 3.63) is 36.7 Å². The van der Waals surface area contributed by atoms with Gasteiger partial charge in [-0.1, -0.05) is 6.58 Å². The van der Waals surface area contributed by atoms with E-state index in [1.165, 1.54) is 0 Å². The van der Waals surface area contributed by atoms with Crippen LogP contribution in [0.2, 0.25) is 0 Å². The zero-order valence-corrected chi connectivity index (χ0v) is 15.6. The molecule has 1 aromatic heterocycles. The summed E-state index contributed by atoms with van der Waals surface area (Å²) in [7, 11) is 0.